The molecule has 112 valence electrons. The molecule has 2 rings (SSSR count). The van der Waals surface area contributed by atoms with Crippen LogP contribution in [0.15, 0.2) is 29.6 Å². The van der Waals surface area contributed by atoms with Gasteiger partial charge in [-0.3, -0.25) is 4.79 Å². The molecule has 0 bridgehead atoms. The first-order valence-electron chi connectivity index (χ1n) is 6.23. The van der Waals surface area contributed by atoms with Crippen LogP contribution < -0.4 is 5.32 Å². The van der Waals surface area contributed by atoms with E-state index in [1.165, 1.54) is 23.7 Å². The third-order valence-electron chi connectivity index (χ3n) is 2.91. The molecule has 0 atom stereocenters. The van der Waals surface area contributed by atoms with Gasteiger partial charge in [0.1, 0.15) is 0 Å². The molecule has 1 heterocycles. The normalized spacial score (nSPS) is 11.4. The van der Waals surface area contributed by atoms with Gasteiger partial charge in [-0.2, -0.15) is 17.5 Å². The number of rotatable bonds is 4. The van der Waals surface area contributed by atoms with Crippen molar-refractivity contribution in [2.24, 2.45) is 0 Å². The van der Waals surface area contributed by atoms with Gasteiger partial charge in [0.2, 0.25) is 0 Å². The Hall–Kier alpha value is -1.89. The average Bonchev–Trinajstić information content (AvgIpc) is 2.82. The van der Waals surface area contributed by atoms with Crippen molar-refractivity contribution in [3.05, 3.63) is 46.5 Å². The fraction of sp³-hybridized carbons (Fsp3) is 0.286. The molecule has 0 aliphatic carbocycles. The van der Waals surface area contributed by atoms with E-state index in [1.807, 2.05) is 0 Å². The van der Waals surface area contributed by atoms with E-state index in [0.29, 0.717) is 16.8 Å². The summed E-state index contributed by atoms with van der Waals surface area (Å²) >= 11 is 1.24. The highest BCUT2D eigenvalue weighted by Crippen LogP contribution is 2.22. The minimum Gasteiger partial charge on any atom is -0.320 e. The number of anilines is 1. The van der Waals surface area contributed by atoms with Crippen LogP contribution in [0, 0.1) is 6.92 Å². The molecular weight excluding hydrogens is 301 g/mol. The Labute approximate surface area is 124 Å². The maximum atomic E-state index is 12.1. The summed E-state index contributed by atoms with van der Waals surface area (Å²) in [6, 6.07) is 6.13. The molecule has 2 aromatic rings. The van der Waals surface area contributed by atoms with Crippen molar-refractivity contribution in [1.29, 1.82) is 0 Å². The van der Waals surface area contributed by atoms with E-state index < -0.39 is 12.6 Å². The van der Waals surface area contributed by atoms with Gasteiger partial charge in [-0.25, -0.2) is 0 Å². The number of nitrogens with zero attached hydrogens (tertiary/aromatic N) is 1. The molecule has 0 radical (unpaired) electrons. The summed E-state index contributed by atoms with van der Waals surface area (Å²) in [5.41, 5.74) is 2.33. The third-order valence-corrected chi connectivity index (χ3v) is 3.63. The monoisotopic (exact) mass is 314 g/mol. The molecule has 0 unspecified atom stereocenters. The van der Waals surface area contributed by atoms with E-state index in [9.17, 15) is 18.0 Å². The number of amides is 1. The number of halogens is 3. The lowest BCUT2D eigenvalue weighted by Crippen LogP contribution is -2.12. The summed E-state index contributed by atoms with van der Waals surface area (Å²) in [5.74, 6) is -0.305. The van der Waals surface area contributed by atoms with Gasteiger partial charge < -0.3 is 5.32 Å². The van der Waals surface area contributed by atoms with Crippen molar-refractivity contribution in [1.82, 2.24) is 4.37 Å². The largest absolute Gasteiger partial charge is 0.389 e. The van der Waals surface area contributed by atoms with Crippen LogP contribution in [0.2, 0.25) is 0 Å². The Morgan fingerprint density at radius 2 is 1.95 bits per heavy atom. The van der Waals surface area contributed by atoms with Gasteiger partial charge in [0, 0.05) is 17.4 Å². The summed E-state index contributed by atoms with van der Waals surface area (Å²) < 4.78 is 40.4. The maximum Gasteiger partial charge on any atom is 0.389 e. The van der Waals surface area contributed by atoms with E-state index in [0.717, 1.165) is 5.69 Å². The molecule has 0 aliphatic heterocycles. The van der Waals surface area contributed by atoms with Crippen molar-refractivity contribution in [2.45, 2.75) is 25.9 Å². The van der Waals surface area contributed by atoms with Crippen molar-refractivity contribution in [2.75, 3.05) is 5.32 Å². The molecule has 21 heavy (non-hydrogen) atoms. The Morgan fingerprint density at radius 3 is 2.48 bits per heavy atom. The van der Waals surface area contributed by atoms with Crippen LogP contribution in [-0.4, -0.2) is 16.5 Å². The number of nitrogens with one attached hydrogen (secondary N) is 1. The lowest BCUT2D eigenvalue weighted by atomic mass is 10.1. The van der Waals surface area contributed by atoms with Crippen LogP contribution in [0.4, 0.5) is 18.9 Å². The van der Waals surface area contributed by atoms with Gasteiger partial charge in [-0.1, -0.05) is 12.1 Å². The number of carbonyl (C=O) groups is 1. The summed E-state index contributed by atoms with van der Waals surface area (Å²) in [4.78, 5) is 12.0. The van der Waals surface area contributed by atoms with Crippen LogP contribution in [0.5, 0.6) is 0 Å². The minimum absolute atomic E-state index is 0.0844. The van der Waals surface area contributed by atoms with Crippen LogP contribution in [0.25, 0.3) is 0 Å². The second-order valence-electron chi connectivity index (χ2n) is 4.58. The highest BCUT2D eigenvalue weighted by Gasteiger charge is 2.26. The second-order valence-corrected chi connectivity index (χ2v) is 5.21. The van der Waals surface area contributed by atoms with Gasteiger partial charge in [0.25, 0.3) is 5.91 Å². The van der Waals surface area contributed by atoms with Gasteiger partial charge >= 0.3 is 6.18 Å². The second kappa shape index (κ2) is 6.26. The maximum absolute atomic E-state index is 12.1. The number of aromatic nitrogens is 1. The Balaban J connectivity index is 1.98. The number of hydrogen-bond donors (Lipinski definition) is 1. The van der Waals surface area contributed by atoms with E-state index in [4.69, 9.17) is 0 Å². The van der Waals surface area contributed by atoms with Gasteiger partial charge in [-0.15, -0.1) is 0 Å². The Morgan fingerprint density at radius 1 is 1.29 bits per heavy atom. The number of carbonyl (C=O) groups excluding carboxylic acids is 1. The summed E-state index contributed by atoms with van der Waals surface area (Å²) in [7, 11) is 0. The molecule has 1 aromatic heterocycles. The van der Waals surface area contributed by atoms with E-state index in [-0.39, 0.29) is 12.3 Å². The molecule has 3 nitrogen and oxygen atoms in total. The molecule has 1 aromatic carbocycles. The minimum atomic E-state index is -4.17. The summed E-state index contributed by atoms with van der Waals surface area (Å²) in [5, 5.41) is 4.44. The van der Waals surface area contributed by atoms with E-state index in [1.54, 1.807) is 24.4 Å². The quantitative estimate of drug-likeness (QED) is 0.919. The molecule has 0 spiro atoms. The highest BCUT2D eigenvalue weighted by molar-refractivity contribution is 7.04. The van der Waals surface area contributed by atoms with Gasteiger partial charge in [0.15, 0.2) is 0 Å². The summed E-state index contributed by atoms with van der Waals surface area (Å²) in [6.45, 7) is 1.78. The fourth-order valence-corrected chi connectivity index (χ4v) is 2.36. The standard InChI is InChI=1S/C14H13F3N2OS/c1-9-12(8-21-19-9)18-13(20)11-4-2-10(3-5-11)6-7-14(15,16)17/h2-5,8H,6-7H2,1H3,(H,18,20). The molecule has 0 aliphatic rings. The molecule has 7 heteroatoms. The van der Waals surface area contributed by atoms with Crippen LogP contribution in [0.1, 0.15) is 28.0 Å². The molecule has 1 N–H and O–H groups in total. The number of benzene rings is 1. The van der Waals surface area contributed by atoms with Crippen molar-refractivity contribution in [3.63, 3.8) is 0 Å². The van der Waals surface area contributed by atoms with Gasteiger partial charge in [-0.05, 0) is 42.6 Å². The van der Waals surface area contributed by atoms with Gasteiger partial charge in [0.05, 0.1) is 11.4 Å². The molecule has 0 fully saturated rings. The Kier molecular flexibility index (Phi) is 4.62. The van der Waals surface area contributed by atoms with E-state index >= 15 is 0 Å². The average molecular weight is 314 g/mol. The predicted octanol–water partition coefficient (Wildman–Crippen LogP) is 4.20. The number of aryl methyl sites for hydroxylation is 2. The predicted molar refractivity (Wildman–Crippen MR) is 75.6 cm³/mol. The third kappa shape index (κ3) is 4.56. The topological polar surface area (TPSA) is 42.0 Å². The SMILES string of the molecule is Cc1nscc1NC(=O)c1ccc(CCC(F)(F)F)cc1. The smallest absolute Gasteiger partial charge is 0.320 e. The van der Waals surface area contributed by atoms with Crippen LogP contribution in [0.3, 0.4) is 0 Å². The number of alkyl halides is 3. The first-order valence-corrected chi connectivity index (χ1v) is 7.07. The first-order chi connectivity index (χ1) is 9.85. The number of hydrogen-bond acceptors (Lipinski definition) is 3. The zero-order valence-corrected chi connectivity index (χ0v) is 12.0. The lowest BCUT2D eigenvalue weighted by molar-refractivity contribution is -0.134. The van der Waals surface area contributed by atoms with Crippen molar-refractivity contribution < 1.29 is 18.0 Å². The highest BCUT2D eigenvalue weighted by atomic mass is 32.1. The first kappa shape index (κ1) is 15.5. The summed E-state index contributed by atoms with van der Waals surface area (Å²) in [6.07, 6.45) is -5.11. The zero-order chi connectivity index (χ0) is 15.5. The zero-order valence-electron chi connectivity index (χ0n) is 11.2. The molecular formula is C14H13F3N2OS. The molecule has 1 amide bonds. The van der Waals surface area contributed by atoms with Crippen LogP contribution in [-0.2, 0) is 6.42 Å². The van der Waals surface area contributed by atoms with Crippen molar-refractivity contribution >= 4 is 23.1 Å². The van der Waals surface area contributed by atoms with E-state index in [2.05, 4.69) is 9.69 Å². The molecule has 0 saturated carbocycles. The lowest BCUT2D eigenvalue weighted by Gasteiger charge is -2.07. The molecule has 0 saturated heterocycles. The van der Waals surface area contributed by atoms with Crippen LogP contribution >= 0.6 is 11.5 Å². The fourth-order valence-electron chi connectivity index (χ4n) is 1.72. The van der Waals surface area contributed by atoms with Crippen molar-refractivity contribution in [3.8, 4) is 0 Å². The Bertz CT molecular complexity index is 620.